The Hall–Kier alpha value is -4.06. The molecule has 210 valence electrons. The van der Waals surface area contributed by atoms with E-state index in [2.05, 4.69) is 13.8 Å². The molecule has 40 heavy (non-hydrogen) atoms. The normalized spacial score (nSPS) is 10.8. The van der Waals surface area contributed by atoms with Gasteiger partial charge in [0.25, 0.3) is 0 Å². The first-order valence-corrected chi connectivity index (χ1v) is 14.2. The van der Waals surface area contributed by atoms with E-state index in [0.29, 0.717) is 0 Å². The van der Waals surface area contributed by atoms with E-state index in [9.17, 15) is 29.4 Å². The van der Waals surface area contributed by atoms with Gasteiger partial charge in [0, 0.05) is 22.3 Å². The van der Waals surface area contributed by atoms with Gasteiger partial charge in [-0.15, -0.1) is 0 Å². The molecule has 3 rings (SSSR count). The molecule has 0 radical (unpaired) electrons. The van der Waals surface area contributed by atoms with Crippen LogP contribution in [0.4, 0.5) is 0 Å². The van der Waals surface area contributed by atoms with Gasteiger partial charge in [0.2, 0.25) is 0 Å². The fraction of sp³-hybridized carbons (Fsp3) is 0.353. The van der Waals surface area contributed by atoms with E-state index in [1.165, 1.54) is 12.8 Å². The molecule has 0 saturated heterocycles. The molecule has 3 aromatic carbocycles. The Kier molecular flexibility index (Phi) is 11.4. The molecular formula is C34H38O6. The predicted molar refractivity (Wildman–Crippen MR) is 156 cm³/mol. The Balaban J connectivity index is 1.89. The van der Waals surface area contributed by atoms with Gasteiger partial charge in [0.15, 0.2) is 11.6 Å². The van der Waals surface area contributed by atoms with Crippen LogP contribution < -0.4 is 0 Å². The summed E-state index contributed by atoms with van der Waals surface area (Å²) in [6, 6.07) is 15.9. The van der Waals surface area contributed by atoms with E-state index in [1.807, 2.05) is 24.3 Å². The maximum absolute atomic E-state index is 13.3. The van der Waals surface area contributed by atoms with Gasteiger partial charge in [-0.1, -0.05) is 101 Å². The van der Waals surface area contributed by atoms with Crippen LogP contribution in [0.3, 0.4) is 0 Å². The third kappa shape index (κ3) is 7.98. The molecule has 2 N–H and O–H groups in total. The number of aryl methyl sites for hydroxylation is 2. The van der Waals surface area contributed by atoms with E-state index in [1.54, 1.807) is 24.3 Å². The zero-order valence-corrected chi connectivity index (χ0v) is 23.4. The number of carboxylic acids is 2. The van der Waals surface area contributed by atoms with Gasteiger partial charge in [-0.25, -0.2) is 9.59 Å². The van der Waals surface area contributed by atoms with Crippen LogP contribution in [-0.2, 0) is 12.8 Å². The number of carboxylic acid groups (broad SMARTS) is 2. The third-order valence-electron chi connectivity index (χ3n) is 7.18. The van der Waals surface area contributed by atoms with Gasteiger partial charge in [0.05, 0.1) is 11.1 Å². The number of carbonyl (C=O) groups excluding carboxylic acids is 2. The minimum atomic E-state index is -1.41. The number of rotatable bonds is 16. The standard InChI is InChI=1S/C34H38O6/c1-3-5-7-9-11-23-13-17-25(18-14-23)31(35)27-21-30(34(39)40)28(22-29(27)33(37)38)32(36)26-19-15-24(16-20-26)12-10-8-6-4-2/h13-22H,3-12H2,1-2H3,(H,37,38)(H,39,40). The second-order valence-electron chi connectivity index (χ2n) is 10.2. The van der Waals surface area contributed by atoms with Crippen molar-refractivity contribution in [2.24, 2.45) is 0 Å². The first kappa shape index (κ1) is 30.5. The SMILES string of the molecule is CCCCCCc1ccc(C(=O)c2cc(C(=O)O)c(C(=O)c3ccc(CCCCCC)cc3)cc2C(=O)O)cc1. The maximum atomic E-state index is 13.3. The van der Waals surface area contributed by atoms with Crippen molar-refractivity contribution in [1.29, 1.82) is 0 Å². The van der Waals surface area contributed by atoms with E-state index < -0.39 is 34.6 Å². The Morgan fingerprint density at radius 3 is 1.15 bits per heavy atom. The summed E-state index contributed by atoms with van der Waals surface area (Å²) in [4.78, 5) is 51.0. The molecule has 0 unspecified atom stereocenters. The van der Waals surface area contributed by atoms with E-state index in [0.717, 1.165) is 74.6 Å². The fourth-order valence-electron chi connectivity index (χ4n) is 4.80. The average Bonchev–Trinajstić information content (AvgIpc) is 2.96. The molecule has 0 aliphatic heterocycles. The van der Waals surface area contributed by atoms with Crippen molar-refractivity contribution in [1.82, 2.24) is 0 Å². The highest BCUT2D eigenvalue weighted by Crippen LogP contribution is 2.24. The summed E-state index contributed by atoms with van der Waals surface area (Å²) in [5, 5.41) is 19.8. The van der Waals surface area contributed by atoms with Crippen LogP contribution in [0.25, 0.3) is 0 Å². The summed E-state index contributed by atoms with van der Waals surface area (Å²) >= 11 is 0. The van der Waals surface area contributed by atoms with E-state index >= 15 is 0 Å². The molecule has 0 aliphatic carbocycles. The molecule has 0 spiro atoms. The highest BCUT2D eigenvalue weighted by molar-refractivity contribution is 6.19. The molecule has 6 heteroatoms. The van der Waals surface area contributed by atoms with Crippen LogP contribution in [0.1, 0.15) is 129 Å². The van der Waals surface area contributed by atoms with Crippen molar-refractivity contribution in [3.8, 4) is 0 Å². The summed E-state index contributed by atoms with van der Waals surface area (Å²) < 4.78 is 0. The van der Waals surface area contributed by atoms with Gasteiger partial charge in [-0.05, 0) is 48.9 Å². The molecule has 0 bridgehead atoms. The zero-order chi connectivity index (χ0) is 29.1. The Bertz CT molecular complexity index is 1230. The van der Waals surface area contributed by atoms with E-state index in [-0.39, 0.29) is 22.3 Å². The number of unbranched alkanes of at least 4 members (excludes halogenated alkanes) is 6. The van der Waals surface area contributed by atoms with Gasteiger partial charge in [-0.3, -0.25) is 9.59 Å². The molecule has 6 nitrogen and oxygen atoms in total. The van der Waals surface area contributed by atoms with Crippen LogP contribution in [-0.4, -0.2) is 33.7 Å². The van der Waals surface area contributed by atoms with E-state index in [4.69, 9.17) is 0 Å². The van der Waals surface area contributed by atoms with Gasteiger partial charge < -0.3 is 10.2 Å². The molecule has 3 aromatic rings. The zero-order valence-electron chi connectivity index (χ0n) is 23.4. The molecule has 0 aromatic heterocycles. The minimum Gasteiger partial charge on any atom is -0.478 e. The minimum absolute atomic E-state index is 0.254. The van der Waals surface area contributed by atoms with Gasteiger partial charge >= 0.3 is 11.9 Å². The fourth-order valence-corrected chi connectivity index (χ4v) is 4.80. The lowest BCUT2D eigenvalue weighted by atomic mass is 9.89. The van der Waals surface area contributed by atoms with Crippen molar-refractivity contribution in [3.63, 3.8) is 0 Å². The van der Waals surface area contributed by atoms with Gasteiger partial charge in [-0.2, -0.15) is 0 Å². The molecule has 0 amide bonds. The van der Waals surface area contributed by atoms with Crippen molar-refractivity contribution < 1.29 is 29.4 Å². The highest BCUT2D eigenvalue weighted by Gasteiger charge is 2.26. The van der Waals surface area contributed by atoms with Crippen LogP contribution in [0.2, 0.25) is 0 Å². The smallest absolute Gasteiger partial charge is 0.336 e. The van der Waals surface area contributed by atoms with Crippen molar-refractivity contribution in [2.45, 2.75) is 78.1 Å². The first-order valence-electron chi connectivity index (χ1n) is 14.2. The largest absolute Gasteiger partial charge is 0.478 e. The molecule has 0 fully saturated rings. The van der Waals surface area contributed by atoms with Crippen LogP contribution in [0.5, 0.6) is 0 Å². The molecule has 0 heterocycles. The van der Waals surface area contributed by atoms with Crippen molar-refractivity contribution in [3.05, 3.63) is 105 Å². The topological polar surface area (TPSA) is 109 Å². The Morgan fingerprint density at radius 1 is 0.500 bits per heavy atom. The second kappa shape index (κ2) is 14.9. The monoisotopic (exact) mass is 542 g/mol. The lowest BCUT2D eigenvalue weighted by Crippen LogP contribution is -2.17. The van der Waals surface area contributed by atoms with Gasteiger partial charge in [0.1, 0.15) is 0 Å². The number of aromatic carboxylic acids is 2. The lowest BCUT2D eigenvalue weighted by molar-refractivity contribution is 0.0677. The Labute approximate surface area is 236 Å². The Morgan fingerprint density at radius 2 is 0.850 bits per heavy atom. The predicted octanol–water partition coefficient (Wildman–Crippen LogP) is 7.79. The number of hydrogen-bond acceptors (Lipinski definition) is 4. The highest BCUT2D eigenvalue weighted by atomic mass is 16.4. The number of ketones is 2. The number of hydrogen-bond donors (Lipinski definition) is 2. The summed E-state index contributed by atoms with van der Waals surface area (Å²) in [6.07, 6.45) is 10.8. The van der Waals surface area contributed by atoms with Crippen LogP contribution >= 0.6 is 0 Å². The lowest BCUT2D eigenvalue weighted by Gasteiger charge is -2.12. The summed E-state index contributed by atoms with van der Waals surface area (Å²) in [6.45, 7) is 4.30. The third-order valence-corrected chi connectivity index (χ3v) is 7.18. The summed E-state index contributed by atoms with van der Waals surface area (Å²) in [7, 11) is 0. The van der Waals surface area contributed by atoms with Crippen molar-refractivity contribution >= 4 is 23.5 Å². The van der Waals surface area contributed by atoms with Crippen LogP contribution in [0, 0.1) is 0 Å². The average molecular weight is 543 g/mol. The molecule has 0 atom stereocenters. The quantitative estimate of drug-likeness (QED) is 0.141. The second-order valence-corrected chi connectivity index (χ2v) is 10.2. The summed E-state index contributed by atoms with van der Waals surface area (Å²) in [5.74, 6) is -4.04. The summed E-state index contributed by atoms with van der Waals surface area (Å²) in [5.41, 5.74) is 1.31. The number of carbonyl (C=O) groups is 4. The number of benzene rings is 3. The molecule has 0 aliphatic rings. The maximum Gasteiger partial charge on any atom is 0.336 e. The first-order chi connectivity index (χ1) is 19.3. The molecule has 0 saturated carbocycles. The van der Waals surface area contributed by atoms with Crippen molar-refractivity contribution in [2.75, 3.05) is 0 Å². The molecular weight excluding hydrogens is 504 g/mol. The van der Waals surface area contributed by atoms with Crippen LogP contribution in [0.15, 0.2) is 60.7 Å².